The van der Waals surface area contributed by atoms with Gasteiger partial charge in [0.05, 0.1) is 18.6 Å². The molecule has 1 N–H and O–H groups in total. The van der Waals surface area contributed by atoms with Gasteiger partial charge in [-0.1, -0.05) is 24.3 Å². The number of carboxylic acids is 1. The van der Waals surface area contributed by atoms with Gasteiger partial charge in [0.1, 0.15) is 0 Å². The lowest BCUT2D eigenvalue weighted by Crippen LogP contribution is -2.35. The van der Waals surface area contributed by atoms with Gasteiger partial charge in [-0.2, -0.15) is 0 Å². The summed E-state index contributed by atoms with van der Waals surface area (Å²) in [5.74, 6) is -0.687. The maximum atomic E-state index is 11.3. The highest BCUT2D eigenvalue weighted by Crippen LogP contribution is 2.48. The minimum atomic E-state index is -0.687. The highest BCUT2D eigenvalue weighted by molar-refractivity contribution is 5.84. The van der Waals surface area contributed by atoms with Crippen LogP contribution in [0.25, 0.3) is 0 Å². The second-order valence-electron chi connectivity index (χ2n) is 5.47. The van der Waals surface area contributed by atoms with Crippen molar-refractivity contribution in [1.29, 1.82) is 0 Å². The van der Waals surface area contributed by atoms with Crippen molar-refractivity contribution < 1.29 is 14.6 Å². The molecule has 0 amide bonds. The highest BCUT2D eigenvalue weighted by Gasteiger charge is 2.51. The molecule has 19 heavy (non-hydrogen) atoms. The van der Waals surface area contributed by atoms with E-state index in [4.69, 9.17) is 4.74 Å². The SMILES string of the molecule is O=C(O)C1(c2ccc(CN3CCOCC3)cc2)CC1. The van der Waals surface area contributed by atoms with Gasteiger partial charge in [-0.25, -0.2) is 0 Å². The maximum Gasteiger partial charge on any atom is 0.314 e. The van der Waals surface area contributed by atoms with Crippen LogP contribution in [-0.2, 0) is 21.5 Å². The smallest absolute Gasteiger partial charge is 0.314 e. The molecule has 1 aliphatic heterocycles. The van der Waals surface area contributed by atoms with E-state index in [-0.39, 0.29) is 0 Å². The summed E-state index contributed by atoms with van der Waals surface area (Å²) in [6.45, 7) is 4.48. The summed E-state index contributed by atoms with van der Waals surface area (Å²) in [7, 11) is 0. The van der Waals surface area contributed by atoms with E-state index < -0.39 is 11.4 Å². The van der Waals surface area contributed by atoms with Crippen molar-refractivity contribution in [1.82, 2.24) is 4.90 Å². The van der Waals surface area contributed by atoms with Crippen LogP contribution in [0.1, 0.15) is 24.0 Å². The number of hydrogen-bond donors (Lipinski definition) is 1. The van der Waals surface area contributed by atoms with Crippen molar-refractivity contribution in [3.63, 3.8) is 0 Å². The Morgan fingerprint density at radius 2 is 1.84 bits per heavy atom. The molecule has 0 spiro atoms. The molecule has 2 aliphatic rings. The molecule has 1 saturated carbocycles. The second kappa shape index (κ2) is 4.94. The van der Waals surface area contributed by atoms with Crippen LogP contribution in [-0.4, -0.2) is 42.3 Å². The quantitative estimate of drug-likeness (QED) is 0.895. The molecule has 4 nitrogen and oxygen atoms in total. The van der Waals surface area contributed by atoms with Crippen LogP contribution in [0.4, 0.5) is 0 Å². The van der Waals surface area contributed by atoms with Gasteiger partial charge in [-0.05, 0) is 24.0 Å². The van der Waals surface area contributed by atoms with Gasteiger partial charge < -0.3 is 9.84 Å². The third-order valence-corrected chi connectivity index (χ3v) is 4.18. The molecule has 1 saturated heterocycles. The van der Waals surface area contributed by atoms with Gasteiger partial charge in [0.15, 0.2) is 0 Å². The van der Waals surface area contributed by atoms with Crippen molar-refractivity contribution in [2.24, 2.45) is 0 Å². The summed E-state index contributed by atoms with van der Waals surface area (Å²) in [5.41, 5.74) is 1.61. The summed E-state index contributed by atoms with van der Waals surface area (Å²) in [5, 5.41) is 9.27. The fraction of sp³-hybridized carbons (Fsp3) is 0.533. The Morgan fingerprint density at radius 3 is 2.37 bits per heavy atom. The number of nitrogens with zero attached hydrogens (tertiary/aromatic N) is 1. The van der Waals surface area contributed by atoms with Gasteiger partial charge >= 0.3 is 5.97 Å². The third-order valence-electron chi connectivity index (χ3n) is 4.18. The van der Waals surface area contributed by atoms with Gasteiger partial charge in [0.25, 0.3) is 0 Å². The zero-order valence-electron chi connectivity index (χ0n) is 11.0. The molecular weight excluding hydrogens is 242 g/mol. The summed E-state index contributed by atoms with van der Waals surface area (Å²) in [6, 6.07) is 8.09. The fourth-order valence-corrected chi connectivity index (χ4v) is 2.70. The van der Waals surface area contributed by atoms with Crippen LogP contribution in [0.15, 0.2) is 24.3 Å². The predicted molar refractivity (Wildman–Crippen MR) is 71.1 cm³/mol. The van der Waals surface area contributed by atoms with E-state index >= 15 is 0 Å². The van der Waals surface area contributed by atoms with E-state index in [0.29, 0.717) is 0 Å². The standard InChI is InChI=1S/C15H19NO3/c17-14(18)15(5-6-15)13-3-1-12(2-4-13)11-16-7-9-19-10-8-16/h1-4H,5-11H2,(H,17,18). The van der Waals surface area contributed by atoms with Crippen LogP contribution in [0.5, 0.6) is 0 Å². The van der Waals surface area contributed by atoms with Crippen molar-refractivity contribution >= 4 is 5.97 Å². The van der Waals surface area contributed by atoms with E-state index in [2.05, 4.69) is 17.0 Å². The molecule has 1 aliphatic carbocycles. The van der Waals surface area contributed by atoms with E-state index in [1.54, 1.807) is 0 Å². The Kier molecular flexibility index (Phi) is 3.29. The lowest BCUT2D eigenvalue weighted by Gasteiger charge is -2.26. The van der Waals surface area contributed by atoms with Crippen molar-refractivity contribution in [3.8, 4) is 0 Å². The fourth-order valence-electron chi connectivity index (χ4n) is 2.70. The topological polar surface area (TPSA) is 49.8 Å². The molecule has 0 radical (unpaired) electrons. The third kappa shape index (κ3) is 2.51. The average Bonchev–Trinajstić information content (AvgIpc) is 3.22. The Morgan fingerprint density at radius 1 is 1.21 bits per heavy atom. The first-order valence-electron chi connectivity index (χ1n) is 6.84. The first-order chi connectivity index (χ1) is 9.21. The zero-order chi connectivity index (χ0) is 13.3. The number of rotatable bonds is 4. The molecule has 4 heteroatoms. The number of carboxylic acid groups (broad SMARTS) is 1. The largest absolute Gasteiger partial charge is 0.481 e. The van der Waals surface area contributed by atoms with Gasteiger partial charge in [0.2, 0.25) is 0 Å². The van der Waals surface area contributed by atoms with Crippen LogP contribution in [0.2, 0.25) is 0 Å². The van der Waals surface area contributed by atoms with Crippen LogP contribution in [0, 0.1) is 0 Å². The monoisotopic (exact) mass is 261 g/mol. The molecule has 0 aromatic heterocycles. The van der Waals surface area contributed by atoms with Crippen LogP contribution in [0.3, 0.4) is 0 Å². The van der Waals surface area contributed by atoms with E-state index in [1.165, 1.54) is 5.56 Å². The first kappa shape index (κ1) is 12.6. The normalized spacial score (nSPS) is 22.1. The summed E-state index contributed by atoms with van der Waals surface area (Å²) in [4.78, 5) is 13.6. The molecular formula is C15H19NO3. The Labute approximate surface area is 113 Å². The number of morpholine rings is 1. The lowest BCUT2D eigenvalue weighted by molar-refractivity contribution is -0.140. The van der Waals surface area contributed by atoms with E-state index in [0.717, 1.165) is 51.3 Å². The summed E-state index contributed by atoms with van der Waals surface area (Å²) in [6.07, 6.45) is 1.54. The second-order valence-corrected chi connectivity index (χ2v) is 5.47. The van der Waals surface area contributed by atoms with Gasteiger partial charge in [0, 0.05) is 19.6 Å². The lowest BCUT2D eigenvalue weighted by atomic mass is 9.95. The van der Waals surface area contributed by atoms with Gasteiger partial charge in [-0.3, -0.25) is 9.69 Å². The number of ether oxygens (including phenoxy) is 1. The Balaban J connectivity index is 1.67. The molecule has 3 rings (SSSR count). The zero-order valence-corrected chi connectivity index (χ0v) is 11.0. The number of hydrogen-bond acceptors (Lipinski definition) is 3. The molecule has 1 aromatic rings. The predicted octanol–water partition coefficient (Wildman–Crippen LogP) is 1.63. The number of carbonyl (C=O) groups is 1. The molecule has 0 bridgehead atoms. The highest BCUT2D eigenvalue weighted by atomic mass is 16.5. The molecule has 2 fully saturated rings. The van der Waals surface area contributed by atoms with Crippen LogP contribution < -0.4 is 0 Å². The van der Waals surface area contributed by atoms with Crippen molar-refractivity contribution in [2.45, 2.75) is 24.8 Å². The number of benzene rings is 1. The maximum absolute atomic E-state index is 11.3. The van der Waals surface area contributed by atoms with Gasteiger partial charge in [-0.15, -0.1) is 0 Å². The minimum absolute atomic E-state index is 0.586. The molecule has 0 atom stereocenters. The molecule has 1 heterocycles. The average molecular weight is 261 g/mol. The minimum Gasteiger partial charge on any atom is -0.481 e. The van der Waals surface area contributed by atoms with Crippen LogP contribution >= 0.6 is 0 Å². The number of aliphatic carboxylic acids is 1. The summed E-state index contributed by atoms with van der Waals surface area (Å²) >= 11 is 0. The van der Waals surface area contributed by atoms with Crippen molar-refractivity contribution in [3.05, 3.63) is 35.4 Å². The molecule has 0 unspecified atom stereocenters. The van der Waals surface area contributed by atoms with E-state index in [9.17, 15) is 9.90 Å². The Hall–Kier alpha value is -1.39. The van der Waals surface area contributed by atoms with Crippen molar-refractivity contribution in [2.75, 3.05) is 26.3 Å². The molecule has 102 valence electrons. The summed E-state index contributed by atoms with van der Waals surface area (Å²) < 4.78 is 5.33. The molecule has 1 aromatic carbocycles. The first-order valence-corrected chi connectivity index (χ1v) is 6.84. The van der Waals surface area contributed by atoms with E-state index in [1.807, 2.05) is 12.1 Å². The Bertz CT molecular complexity index is 459.